The van der Waals surface area contributed by atoms with Crippen LogP contribution >= 0.6 is 0 Å². The van der Waals surface area contributed by atoms with E-state index in [1.807, 2.05) is 51.1 Å². The molecule has 13 heteroatoms. The number of amides is 3. The largest absolute Gasteiger partial charge is 0.445 e. The molecule has 1 atom stereocenters. The minimum absolute atomic E-state index is 0.0161. The van der Waals surface area contributed by atoms with Gasteiger partial charge in [0.15, 0.2) is 0 Å². The molecule has 3 heterocycles. The van der Waals surface area contributed by atoms with Crippen LogP contribution in [-0.2, 0) is 30.9 Å². The Balaban J connectivity index is 1.11. The van der Waals surface area contributed by atoms with Crippen LogP contribution in [0.3, 0.4) is 0 Å². The van der Waals surface area contributed by atoms with Crippen molar-refractivity contribution in [3.8, 4) is 0 Å². The molecule has 3 aliphatic heterocycles. The number of piperazine rings is 2. The van der Waals surface area contributed by atoms with Gasteiger partial charge in [0.25, 0.3) is 0 Å². The third-order valence-electron chi connectivity index (χ3n) is 8.08. The first kappa shape index (κ1) is 31.7. The first-order chi connectivity index (χ1) is 20.9. The molecule has 2 aromatic rings. The molecule has 0 bridgehead atoms. The zero-order valence-electron chi connectivity index (χ0n) is 25.6. The second kappa shape index (κ2) is 13.1. The molecule has 238 valence electrons. The normalized spacial score (nSPS) is 20.6. The number of rotatable bonds is 6. The van der Waals surface area contributed by atoms with E-state index in [4.69, 9.17) is 9.47 Å². The van der Waals surface area contributed by atoms with E-state index in [1.54, 1.807) is 21.9 Å². The number of ether oxygens (including phenoxy) is 2. The second-order valence-electron chi connectivity index (χ2n) is 12.3. The molecule has 3 fully saturated rings. The lowest BCUT2D eigenvalue weighted by molar-refractivity contribution is -0.117. The molecule has 0 spiro atoms. The highest BCUT2D eigenvalue weighted by atomic mass is 32.2. The summed E-state index contributed by atoms with van der Waals surface area (Å²) in [4.78, 5) is 45.1. The van der Waals surface area contributed by atoms with E-state index in [2.05, 4.69) is 4.90 Å². The van der Waals surface area contributed by atoms with E-state index < -0.39 is 21.7 Å². The van der Waals surface area contributed by atoms with Gasteiger partial charge in [-0.1, -0.05) is 30.3 Å². The van der Waals surface area contributed by atoms with Crippen molar-refractivity contribution in [3.05, 3.63) is 60.2 Å². The van der Waals surface area contributed by atoms with Gasteiger partial charge in [-0.25, -0.2) is 18.0 Å². The van der Waals surface area contributed by atoms with Crippen molar-refractivity contribution in [1.29, 1.82) is 0 Å². The van der Waals surface area contributed by atoms with Crippen molar-refractivity contribution in [1.82, 2.24) is 19.0 Å². The van der Waals surface area contributed by atoms with Crippen LogP contribution in [0.4, 0.5) is 15.3 Å². The topological polar surface area (TPSA) is 120 Å². The fraction of sp³-hybridized carbons (Fsp3) is 0.516. The van der Waals surface area contributed by atoms with Crippen LogP contribution in [0.15, 0.2) is 59.5 Å². The van der Waals surface area contributed by atoms with Crippen LogP contribution in [0.2, 0.25) is 0 Å². The molecular formula is C31H41N5O7S. The van der Waals surface area contributed by atoms with Crippen molar-refractivity contribution < 1.29 is 32.3 Å². The molecule has 44 heavy (non-hydrogen) atoms. The van der Waals surface area contributed by atoms with E-state index in [0.717, 1.165) is 5.56 Å². The predicted octanol–water partition coefficient (Wildman–Crippen LogP) is 2.99. The van der Waals surface area contributed by atoms with E-state index in [0.29, 0.717) is 44.8 Å². The summed E-state index contributed by atoms with van der Waals surface area (Å²) in [7, 11) is -3.77. The fourth-order valence-electron chi connectivity index (χ4n) is 5.65. The highest BCUT2D eigenvalue weighted by Crippen LogP contribution is 2.28. The summed E-state index contributed by atoms with van der Waals surface area (Å²) >= 11 is 0. The Kier molecular flexibility index (Phi) is 9.47. The zero-order chi connectivity index (χ0) is 31.5. The summed E-state index contributed by atoms with van der Waals surface area (Å²) in [5.41, 5.74) is 0.985. The lowest BCUT2D eigenvalue weighted by atomic mass is 10.2. The Morgan fingerprint density at radius 3 is 2.02 bits per heavy atom. The highest BCUT2D eigenvalue weighted by Gasteiger charge is 2.37. The molecule has 0 saturated carbocycles. The molecule has 0 N–H and O–H groups in total. The van der Waals surface area contributed by atoms with Gasteiger partial charge in [0.1, 0.15) is 12.2 Å². The quantitative estimate of drug-likeness (QED) is 0.480. The number of hydrogen-bond acceptors (Lipinski definition) is 8. The predicted molar refractivity (Wildman–Crippen MR) is 164 cm³/mol. The number of carbonyl (C=O) groups is 3. The van der Waals surface area contributed by atoms with Gasteiger partial charge in [-0.15, -0.1) is 0 Å². The molecule has 0 aromatic heterocycles. The maximum Gasteiger partial charge on any atom is 0.410 e. The molecule has 1 unspecified atom stereocenters. The summed E-state index contributed by atoms with van der Waals surface area (Å²) in [5.74, 6) is -0.0181. The molecule has 3 amide bonds. The fourth-order valence-corrected chi connectivity index (χ4v) is 7.07. The van der Waals surface area contributed by atoms with E-state index in [-0.39, 0.29) is 55.7 Å². The Bertz CT molecular complexity index is 1430. The minimum atomic E-state index is -3.77. The number of carbonyl (C=O) groups excluding carboxylic acids is 3. The van der Waals surface area contributed by atoms with E-state index in [9.17, 15) is 22.8 Å². The van der Waals surface area contributed by atoms with E-state index in [1.165, 1.54) is 21.3 Å². The van der Waals surface area contributed by atoms with Crippen LogP contribution in [0.1, 0.15) is 32.8 Å². The standard InChI is InChI=1S/C31H41N5O7S/c1-31(2,3)43-30(39)34-15-13-32(14-16-34)26-21-28(37)36(22-26)25-9-11-27(12-10-25)44(40,41)35-19-17-33(18-20-35)29(38)42-23-24-7-5-4-6-8-24/h4-12,26H,13-23H2,1-3H3. The van der Waals surface area contributed by atoms with Gasteiger partial charge in [-0.2, -0.15) is 4.31 Å². The summed E-state index contributed by atoms with van der Waals surface area (Å²) in [6.45, 7) is 9.38. The van der Waals surface area contributed by atoms with Crippen LogP contribution in [-0.4, -0.2) is 116 Å². The minimum Gasteiger partial charge on any atom is -0.445 e. The van der Waals surface area contributed by atoms with Crippen molar-refractivity contribution in [2.45, 2.75) is 50.3 Å². The molecule has 0 aliphatic carbocycles. The second-order valence-corrected chi connectivity index (χ2v) is 14.2. The summed E-state index contributed by atoms with van der Waals surface area (Å²) in [6, 6.07) is 15.8. The molecule has 0 radical (unpaired) electrons. The number of nitrogens with zero attached hydrogens (tertiary/aromatic N) is 5. The van der Waals surface area contributed by atoms with Crippen molar-refractivity contribution in [2.75, 3.05) is 63.8 Å². The molecule has 5 rings (SSSR count). The first-order valence-corrected chi connectivity index (χ1v) is 16.4. The molecule has 2 aromatic carbocycles. The Morgan fingerprint density at radius 2 is 1.41 bits per heavy atom. The average molecular weight is 628 g/mol. The maximum absolute atomic E-state index is 13.3. The van der Waals surface area contributed by atoms with Gasteiger partial charge in [0, 0.05) is 77.1 Å². The molecule has 12 nitrogen and oxygen atoms in total. The van der Waals surface area contributed by atoms with Gasteiger partial charge < -0.3 is 24.2 Å². The number of anilines is 1. The summed E-state index contributed by atoms with van der Waals surface area (Å²) in [5, 5.41) is 0. The molecular weight excluding hydrogens is 586 g/mol. The summed E-state index contributed by atoms with van der Waals surface area (Å²) < 4.78 is 38.9. The van der Waals surface area contributed by atoms with Crippen molar-refractivity contribution >= 4 is 33.8 Å². The SMILES string of the molecule is CC(C)(C)OC(=O)N1CCN(C2CC(=O)N(c3ccc(S(=O)(=O)N4CCN(C(=O)OCc5ccccc5)CC4)cc3)C2)CC1. The Hall–Kier alpha value is -3.68. The number of sulfonamides is 1. The first-order valence-electron chi connectivity index (χ1n) is 15.0. The maximum atomic E-state index is 13.3. The monoisotopic (exact) mass is 627 g/mol. The lowest BCUT2D eigenvalue weighted by Gasteiger charge is -2.38. The summed E-state index contributed by atoms with van der Waals surface area (Å²) in [6.07, 6.45) is -0.418. The van der Waals surface area contributed by atoms with Gasteiger partial charge in [-0.3, -0.25) is 9.69 Å². The third-order valence-corrected chi connectivity index (χ3v) is 9.99. The van der Waals surface area contributed by atoms with Gasteiger partial charge in [0.05, 0.1) is 4.90 Å². The van der Waals surface area contributed by atoms with Gasteiger partial charge in [-0.05, 0) is 50.6 Å². The van der Waals surface area contributed by atoms with Crippen LogP contribution in [0, 0.1) is 0 Å². The van der Waals surface area contributed by atoms with Gasteiger partial charge in [0.2, 0.25) is 15.9 Å². The van der Waals surface area contributed by atoms with Crippen LogP contribution in [0.25, 0.3) is 0 Å². The number of hydrogen-bond donors (Lipinski definition) is 0. The smallest absolute Gasteiger partial charge is 0.410 e. The lowest BCUT2D eigenvalue weighted by Crippen LogP contribution is -2.53. The Labute approximate surface area is 259 Å². The number of benzene rings is 2. The van der Waals surface area contributed by atoms with Gasteiger partial charge >= 0.3 is 12.2 Å². The molecule has 3 saturated heterocycles. The van der Waals surface area contributed by atoms with E-state index >= 15 is 0 Å². The van der Waals surface area contributed by atoms with Crippen LogP contribution < -0.4 is 4.90 Å². The highest BCUT2D eigenvalue weighted by molar-refractivity contribution is 7.89. The van der Waals surface area contributed by atoms with Crippen molar-refractivity contribution in [3.63, 3.8) is 0 Å². The van der Waals surface area contributed by atoms with Crippen LogP contribution in [0.5, 0.6) is 0 Å². The third kappa shape index (κ3) is 7.51. The Morgan fingerprint density at radius 1 is 0.818 bits per heavy atom. The molecule has 3 aliphatic rings. The van der Waals surface area contributed by atoms with Crippen molar-refractivity contribution in [2.24, 2.45) is 0 Å². The zero-order valence-corrected chi connectivity index (χ0v) is 26.4. The average Bonchev–Trinajstić information content (AvgIpc) is 3.41.